The molecule has 218 valence electrons. The molecule has 7 rings (SSSR count). The Balaban J connectivity index is 1.18. The molecule has 2 aliphatic rings. The van der Waals surface area contributed by atoms with Crippen molar-refractivity contribution >= 4 is 55.9 Å². The van der Waals surface area contributed by atoms with Crippen LogP contribution in [-0.4, -0.2) is 68.9 Å². The van der Waals surface area contributed by atoms with Gasteiger partial charge in [-0.25, -0.2) is 14.5 Å². The average molecular weight is 643 g/mol. The van der Waals surface area contributed by atoms with Gasteiger partial charge in [0.1, 0.15) is 28.7 Å². The monoisotopic (exact) mass is 641 g/mol. The van der Waals surface area contributed by atoms with E-state index in [1.807, 2.05) is 38.2 Å². The Labute approximate surface area is 254 Å². The second kappa shape index (κ2) is 9.76. The normalized spacial score (nSPS) is 20.9. The van der Waals surface area contributed by atoms with Crippen molar-refractivity contribution < 1.29 is 14.4 Å². The Kier molecular flexibility index (Phi) is 6.20. The summed E-state index contributed by atoms with van der Waals surface area (Å²) in [5.74, 6) is -0.276. The summed E-state index contributed by atoms with van der Waals surface area (Å²) in [4.78, 5) is 55.1. The van der Waals surface area contributed by atoms with Crippen molar-refractivity contribution in [2.45, 2.75) is 59.2 Å². The molecule has 2 fully saturated rings. The fourth-order valence-electron chi connectivity index (χ4n) is 6.14. The highest BCUT2D eigenvalue weighted by Crippen LogP contribution is 2.59. The molecule has 1 saturated carbocycles. The number of aromatic nitrogens is 7. The van der Waals surface area contributed by atoms with E-state index in [1.54, 1.807) is 27.9 Å². The van der Waals surface area contributed by atoms with Gasteiger partial charge in [-0.3, -0.25) is 24.0 Å². The van der Waals surface area contributed by atoms with Gasteiger partial charge in [-0.2, -0.15) is 10.2 Å². The summed E-state index contributed by atoms with van der Waals surface area (Å²) < 4.78 is 3.81. The van der Waals surface area contributed by atoms with Crippen LogP contribution in [0.4, 0.5) is 5.82 Å². The average Bonchev–Trinajstić information content (AvgIpc) is 3.24. The van der Waals surface area contributed by atoms with Gasteiger partial charge < -0.3 is 10.2 Å². The third kappa shape index (κ3) is 4.67. The summed E-state index contributed by atoms with van der Waals surface area (Å²) in [6.07, 6.45) is 6.57. The number of piperidine rings is 1. The van der Waals surface area contributed by atoms with Crippen LogP contribution in [0.15, 0.2) is 47.5 Å². The van der Waals surface area contributed by atoms with Crippen molar-refractivity contribution in [3.63, 3.8) is 0 Å². The molecule has 0 spiro atoms. The second-order valence-electron chi connectivity index (χ2n) is 11.8. The standard InChI is InChI=1S/C30H28BrN9O3/c1-15-5-6-24(31)34-28(15)35-29(43)21-9-30(4)10-23(30)40(21)26(42)14-38-22-12-32-20(8-19(22)27(37-38)17(3)41)18-11-33-25-7-16(2)36-39(25)13-18/h5-8,11-13,21,23H,9-10,14H2,1-4H3,(H,34,35,43)/t21-,23?,30-/m0/s1. The molecule has 5 aromatic heterocycles. The first-order chi connectivity index (χ1) is 20.5. The predicted molar refractivity (Wildman–Crippen MR) is 161 cm³/mol. The van der Waals surface area contributed by atoms with Crippen LogP contribution >= 0.6 is 15.9 Å². The number of carbonyl (C=O) groups excluding carboxylic acids is 3. The van der Waals surface area contributed by atoms with Gasteiger partial charge in [0.2, 0.25) is 11.8 Å². The van der Waals surface area contributed by atoms with E-state index >= 15 is 0 Å². The molecule has 3 atom stereocenters. The number of carbonyl (C=O) groups is 3. The topological polar surface area (TPSA) is 140 Å². The molecule has 43 heavy (non-hydrogen) atoms. The Morgan fingerprint density at radius 1 is 1.09 bits per heavy atom. The van der Waals surface area contributed by atoms with Gasteiger partial charge in [0, 0.05) is 42.4 Å². The van der Waals surface area contributed by atoms with E-state index in [0.717, 1.165) is 28.9 Å². The highest BCUT2D eigenvalue weighted by molar-refractivity contribution is 9.10. The van der Waals surface area contributed by atoms with Crippen LogP contribution in [0.5, 0.6) is 0 Å². The van der Waals surface area contributed by atoms with E-state index in [2.05, 4.69) is 53.3 Å². The molecule has 2 amide bonds. The zero-order valence-electron chi connectivity index (χ0n) is 24.0. The summed E-state index contributed by atoms with van der Waals surface area (Å²) >= 11 is 3.35. The zero-order chi connectivity index (χ0) is 30.2. The molecular weight excluding hydrogens is 614 g/mol. The molecule has 1 saturated heterocycles. The number of amides is 2. The van der Waals surface area contributed by atoms with Crippen molar-refractivity contribution in [3.8, 4) is 11.3 Å². The number of nitrogens with one attached hydrogen (secondary N) is 1. The van der Waals surface area contributed by atoms with Crippen molar-refractivity contribution in [3.05, 3.63) is 64.4 Å². The van der Waals surface area contributed by atoms with Crippen molar-refractivity contribution in [1.29, 1.82) is 0 Å². The number of aryl methyl sites for hydroxylation is 2. The number of hydrogen-bond acceptors (Lipinski definition) is 8. The van der Waals surface area contributed by atoms with Gasteiger partial charge in [-0.1, -0.05) is 13.0 Å². The molecule has 0 aromatic carbocycles. The predicted octanol–water partition coefficient (Wildman–Crippen LogP) is 4.14. The van der Waals surface area contributed by atoms with Crippen LogP contribution in [0, 0.1) is 19.3 Å². The number of anilines is 1. The quantitative estimate of drug-likeness (QED) is 0.215. The molecule has 6 heterocycles. The number of likely N-dealkylation sites (tertiary alicyclic amines) is 1. The van der Waals surface area contributed by atoms with Gasteiger partial charge in [-0.05, 0) is 65.7 Å². The highest BCUT2D eigenvalue weighted by Gasteiger charge is 2.64. The number of Topliss-reactive ketones (excluding diaryl/α,β-unsaturated/α-hetero) is 1. The summed E-state index contributed by atoms with van der Waals surface area (Å²) in [6, 6.07) is 6.68. The van der Waals surface area contributed by atoms with E-state index in [4.69, 9.17) is 0 Å². The molecular formula is C30H28BrN9O3. The maximum atomic E-state index is 13.9. The summed E-state index contributed by atoms with van der Waals surface area (Å²) in [5, 5.41) is 12.5. The largest absolute Gasteiger partial charge is 0.325 e. The Morgan fingerprint density at radius 3 is 2.70 bits per heavy atom. The lowest BCUT2D eigenvalue weighted by atomic mass is 10.0. The maximum Gasteiger partial charge on any atom is 0.248 e. The SMILES string of the molecule is CC(=O)c1nn(CC(=O)N2C3C[C@]3(C)C[C@H]2C(=O)Nc2nc(Br)ccc2C)c2cnc(-c3cnc4cc(C)nn4c3)cc12. The Hall–Kier alpha value is -4.52. The van der Waals surface area contributed by atoms with E-state index in [-0.39, 0.29) is 41.3 Å². The van der Waals surface area contributed by atoms with E-state index in [9.17, 15) is 14.4 Å². The van der Waals surface area contributed by atoms with Crippen molar-refractivity contribution in [2.24, 2.45) is 5.41 Å². The highest BCUT2D eigenvalue weighted by atomic mass is 79.9. The number of fused-ring (bicyclic) bond motifs is 3. The number of hydrogen-bond donors (Lipinski definition) is 1. The molecule has 13 heteroatoms. The maximum absolute atomic E-state index is 13.9. The van der Waals surface area contributed by atoms with Gasteiger partial charge in [-0.15, -0.1) is 0 Å². The van der Waals surface area contributed by atoms with Gasteiger partial charge in [0.05, 0.1) is 23.1 Å². The van der Waals surface area contributed by atoms with Crippen molar-refractivity contribution in [2.75, 3.05) is 5.32 Å². The minimum atomic E-state index is -0.636. The zero-order valence-corrected chi connectivity index (χ0v) is 25.6. The van der Waals surface area contributed by atoms with Crippen molar-refractivity contribution in [1.82, 2.24) is 39.2 Å². The lowest BCUT2D eigenvalue weighted by Crippen LogP contribution is -2.47. The second-order valence-corrected chi connectivity index (χ2v) is 12.6. The Morgan fingerprint density at radius 2 is 1.91 bits per heavy atom. The lowest BCUT2D eigenvalue weighted by Gasteiger charge is -2.27. The molecule has 1 unspecified atom stereocenters. The minimum absolute atomic E-state index is 0.0282. The number of rotatable bonds is 6. The molecule has 5 aromatic rings. The minimum Gasteiger partial charge on any atom is -0.325 e. The van der Waals surface area contributed by atoms with Gasteiger partial charge in [0.15, 0.2) is 11.4 Å². The molecule has 0 radical (unpaired) electrons. The van der Waals surface area contributed by atoms with E-state index < -0.39 is 6.04 Å². The van der Waals surface area contributed by atoms with Gasteiger partial charge in [0.25, 0.3) is 0 Å². The van der Waals surface area contributed by atoms with Crippen LogP contribution in [-0.2, 0) is 16.1 Å². The van der Waals surface area contributed by atoms with Crippen LogP contribution in [0.25, 0.3) is 27.8 Å². The summed E-state index contributed by atoms with van der Waals surface area (Å²) in [6.45, 7) is 7.19. The van der Waals surface area contributed by atoms with Crippen LogP contribution in [0.3, 0.4) is 0 Å². The molecule has 0 bridgehead atoms. The smallest absolute Gasteiger partial charge is 0.248 e. The first kappa shape index (κ1) is 27.3. The molecule has 1 aliphatic carbocycles. The van der Waals surface area contributed by atoms with Crippen LogP contribution in [0.1, 0.15) is 48.4 Å². The number of halogens is 1. The molecule has 1 aliphatic heterocycles. The first-order valence-electron chi connectivity index (χ1n) is 14.0. The first-order valence-corrected chi connectivity index (χ1v) is 14.7. The fourth-order valence-corrected chi connectivity index (χ4v) is 6.45. The Bertz CT molecular complexity index is 2000. The van der Waals surface area contributed by atoms with Crippen LogP contribution < -0.4 is 5.32 Å². The van der Waals surface area contributed by atoms with Crippen LogP contribution in [0.2, 0.25) is 0 Å². The summed E-state index contributed by atoms with van der Waals surface area (Å²) in [5.41, 5.74) is 4.43. The van der Waals surface area contributed by atoms with E-state index in [1.165, 1.54) is 11.6 Å². The van der Waals surface area contributed by atoms with Gasteiger partial charge >= 0.3 is 0 Å². The fraction of sp³-hybridized carbons (Fsp3) is 0.333. The number of nitrogens with zero attached hydrogens (tertiary/aromatic N) is 8. The number of pyridine rings is 2. The molecule has 12 nitrogen and oxygen atoms in total. The summed E-state index contributed by atoms with van der Waals surface area (Å²) in [7, 11) is 0. The number of ketones is 1. The third-order valence-corrected chi connectivity index (χ3v) is 8.96. The van der Waals surface area contributed by atoms with E-state index in [0.29, 0.717) is 33.4 Å². The molecule has 1 N–H and O–H groups in total. The third-order valence-electron chi connectivity index (χ3n) is 8.52. The lowest BCUT2D eigenvalue weighted by molar-refractivity contribution is -0.138.